The molecule has 0 spiro atoms. The van der Waals surface area contributed by atoms with Crippen LogP contribution in [0.15, 0.2) is 79.7 Å². The fourth-order valence-corrected chi connectivity index (χ4v) is 5.74. The van der Waals surface area contributed by atoms with Gasteiger partial charge < -0.3 is 0 Å². The average Bonchev–Trinajstić information content (AvgIpc) is 3.25. The zero-order valence-corrected chi connectivity index (χ0v) is 18.3. The molecular formula is C21H14ClFN2OS3. The fraction of sp³-hybridized carbons (Fsp3) is 0.0476. The van der Waals surface area contributed by atoms with E-state index in [-0.39, 0.29) is 11.7 Å². The summed E-state index contributed by atoms with van der Waals surface area (Å²) in [5.74, 6) is -0.417. The van der Waals surface area contributed by atoms with Crippen molar-refractivity contribution in [2.45, 2.75) is 9.10 Å². The molecule has 3 aromatic rings. The molecule has 0 atom stereocenters. The van der Waals surface area contributed by atoms with Gasteiger partial charge in [0.2, 0.25) is 0 Å². The summed E-state index contributed by atoms with van der Waals surface area (Å²) in [4.78, 5) is 21.3. The fourth-order valence-electron chi connectivity index (χ4n) is 2.49. The topological polar surface area (TPSA) is 32.7 Å². The van der Waals surface area contributed by atoms with E-state index in [1.165, 1.54) is 28.8 Å². The summed E-state index contributed by atoms with van der Waals surface area (Å²) in [5.41, 5.74) is 0.604. The highest BCUT2D eigenvalue weighted by atomic mass is 35.5. The Balaban J connectivity index is 1.51. The van der Waals surface area contributed by atoms with Gasteiger partial charge in [-0.25, -0.2) is 9.38 Å². The largest absolute Gasteiger partial charge is 0.290 e. The first kappa shape index (κ1) is 20.2. The SMILES string of the molecule is CN1C(=O)/C(=C/c2ccc(Sc3ccc(Cl)cc3)s2)SC1=Nc1ccc(F)cc1. The van der Waals surface area contributed by atoms with E-state index in [2.05, 4.69) is 4.99 Å². The number of carbonyl (C=O) groups excluding carboxylic acids is 1. The van der Waals surface area contributed by atoms with Gasteiger partial charge in [0.25, 0.3) is 5.91 Å². The smallest absolute Gasteiger partial charge is 0.266 e. The third-order valence-electron chi connectivity index (χ3n) is 3.96. The number of aliphatic imine (C=N–C) groups is 1. The zero-order valence-electron chi connectivity index (χ0n) is 15.1. The number of thiophene rings is 1. The van der Waals surface area contributed by atoms with E-state index < -0.39 is 0 Å². The number of rotatable bonds is 4. The number of amides is 1. The second-order valence-corrected chi connectivity index (χ2v) is 9.99. The van der Waals surface area contributed by atoms with Crippen LogP contribution in [0.3, 0.4) is 0 Å². The first-order valence-corrected chi connectivity index (χ1v) is 11.4. The molecule has 146 valence electrons. The summed E-state index contributed by atoms with van der Waals surface area (Å²) in [7, 11) is 1.69. The molecule has 1 amide bonds. The third kappa shape index (κ3) is 4.93. The quantitative estimate of drug-likeness (QED) is 0.396. The van der Waals surface area contributed by atoms with E-state index in [4.69, 9.17) is 11.6 Å². The van der Waals surface area contributed by atoms with Gasteiger partial charge in [-0.15, -0.1) is 11.3 Å². The Morgan fingerprint density at radius 2 is 1.79 bits per heavy atom. The lowest BCUT2D eigenvalue weighted by atomic mass is 10.3. The van der Waals surface area contributed by atoms with Crippen LogP contribution in [0.5, 0.6) is 0 Å². The number of hydrogen-bond acceptors (Lipinski definition) is 5. The molecule has 0 N–H and O–H groups in total. The molecule has 0 bridgehead atoms. The van der Waals surface area contributed by atoms with Crippen molar-refractivity contribution in [1.82, 2.24) is 4.90 Å². The van der Waals surface area contributed by atoms with Gasteiger partial charge in [-0.1, -0.05) is 23.4 Å². The summed E-state index contributed by atoms with van der Waals surface area (Å²) in [5, 5.41) is 1.28. The summed E-state index contributed by atoms with van der Waals surface area (Å²) in [6, 6.07) is 17.6. The van der Waals surface area contributed by atoms with Crippen molar-refractivity contribution in [3.05, 3.63) is 81.3 Å². The summed E-state index contributed by atoms with van der Waals surface area (Å²) >= 11 is 10.5. The lowest BCUT2D eigenvalue weighted by molar-refractivity contribution is -0.121. The molecule has 1 aromatic heterocycles. The number of likely N-dealkylation sites (N-methyl/N-ethyl adjacent to an activating group) is 1. The Morgan fingerprint density at radius 1 is 1.07 bits per heavy atom. The van der Waals surface area contributed by atoms with Crippen LogP contribution in [0.2, 0.25) is 5.02 Å². The van der Waals surface area contributed by atoms with E-state index in [9.17, 15) is 9.18 Å². The van der Waals surface area contributed by atoms with Crippen molar-refractivity contribution in [3.8, 4) is 0 Å². The standard InChI is InChI=1S/C21H14ClFN2OS3/c1-25-20(26)18(29-21(25)24-15-6-4-14(23)5-7-15)12-17-10-11-19(28-17)27-16-8-2-13(22)3-9-16/h2-12H,1H3/b18-12-,24-21?. The lowest BCUT2D eigenvalue weighted by Crippen LogP contribution is -2.23. The van der Waals surface area contributed by atoms with E-state index in [0.717, 1.165) is 14.0 Å². The Labute approximate surface area is 185 Å². The number of carbonyl (C=O) groups is 1. The van der Waals surface area contributed by atoms with Crippen molar-refractivity contribution in [2.75, 3.05) is 7.05 Å². The van der Waals surface area contributed by atoms with Crippen molar-refractivity contribution < 1.29 is 9.18 Å². The molecule has 0 radical (unpaired) electrons. The molecule has 2 aromatic carbocycles. The number of nitrogens with zero attached hydrogens (tertiary/aromatic N) is 2. The Morgan fingerprint density at radius 3 is 2.52 bits per heavy atom. The Bertz CT molecular complexity index is 1110. The molecule has 0 saturated carbocycles. The van der Waals surface area contributed by atoms with Crippen molar-refractivity contribution in [2.24, 2.45) is 4.99 Å². The highest BCUT2D eigenvalue weighted by Gasteiger charge is 2.30. The second-order valence-electron chi connectivity index (χ2n) is 6.06. The van der Waals surface area contributed by atoms with Crippen LogP contribution in [0.1, 0.15) is 4.88 Å². The molecule has 2 heterocycles. The monoisotopic (exact) mass is 460 g/mol. The second kappa shape index (κ2) is 8.75. The minimum absolute atomic E-state index is 0.101. The Hall–Kier alpha value is -2.06. The molecule has 1 aliphatic heterocycles. The normalized spacial score (nSPS) is 16.9. The van der Waals surface area contributed by atoms with Crippen LogP contribution in [0.25, 0.3) is 6.08 Å². The average molecular weight is 461 g/mol. The van der Waals surface area contributed by atoms with Crippen LogP contribution < -0.4 is 0 Å². The molecule has 29 heavy (non-hydrogen) atoms. The van der Waals surface area contributed by atoms with Gasteiger partial charge in [0.15, 0.2) is 5.17 Å². The maximum absolute atomic E-state index is 13.1. The van der Waals surface area contributed by atoms with Gasteiger partial charge in [-0.3, -0.25) is 9.69 Å². The van der Waals surface area contributed by atoms with E-state index in [0.29, 0.717) is 20.8 Å². The molecular weight excluding hydrogens is 447 g/mol. The highest BCUT2D eigenvalue weighted by molar-refractivity contribution is 8.18. The van der Waals surface area contributed by atoms with Gasteiger partial charge in [-0.05, 0) is 78.5 Å². The molecule has 0 unspecified atom stereocenters. The van der Waals surface area contributed by atoms with Gasteiger partial charge in [0.1, 0.15) is 5.82 Å². The molecule has 4 rings (SSSR count). The van der Waals surface area contributed by atoms with Gasteiger partial charge in [0, 0.05) is 21.8 Å². The molecule has 1 fully saturated rings. The van der Waals surface area contributed by atoms with Gasteiger partial charge in [-0.2, -0.15) is 0 Å². The maximum Gasteiger partial charge on any atom is 0.266 e. The van der Waals surface area contributed by atoms with Crippen LogP contribution in [0.4, 0.5) is 10.1 Å². The number of amidine groups is 1. The minimum Gasteiger partial charge on any atom is -0.290 e. The van der Waals surface area contributed by atoms with E-state index in [1.807, 2.05) is 42.5 Å². The zero-order chi connectivity index (χ0) is 20.4. The summed E-state index contributed by atoms with van der Waals surface area (Å²) in [6.07, 6.45) is 1.88. The van der Waals surface area contributed by atoms with Crippen LogP contribution >= 0.6 is 46.5 Å². The number of halogens is 2. The molecule has 1 aliphatic rings. The summed E-state index contributed by atoms with van der Waals surface area (Å²) < 4.78 is 14.2. The first-order valence-electron chi connectivity index (χ1n) is 8.53. The van der Waals surface area contributed by atoms with Crippen molar-refractivity contribution in [3.63, 3.8) is 0 Å². The maximum atomic E-state index is 13.1. The minimum atomic E-state index is -0.317. The highest BCUT2D eigenvalue weighted by Crippen LogP contribution is 2.37. The van der Waals surface area contributed by atoms with E-state index in [1.54, 1.807) is 42.3 Å². The summed E-state index contributed by atoms with van der Waals surface area (Å²) in [6.45, 7) is 0. The van der Waals surface area contributed by atoms with Gasteiger partial charge >= 0.3 is 0 Å². The van der Waals surface area contributed by atoms with Crippen LogP contribution in [-0.2, 0) is 4.79 Å². The number of thioether (sulfide) groups is 1. The first-order chi connectivity index (χ1) is 14.0. The Kier molecular flexibility index (Phi) is 6.10. The number of hydrogen-bond donors (Lipinski definition) is 0. The molecule has 8 heteroatoms. The predicted molar refractivity (Wildman–Crippen MR) is 122 cm³/mol. The van der Waals surface area contributed by atoms with Crippen LogP contribution in [0, 0.1) is 5.82 Å². The van der Waals surface area contributed by atoms with Crippen molar-refractivity contribution in [1.29, 1.82) is 0 Å². The predicted octanol–water partition coefficient (Wildman–Crippen LogP) is 6.93. The third-order valence-corrected chi connectivity index (χ3v) is 7.45. The lowest BCUT2D eigenvalue weighted by Gasteiger charge is -2.06. The molecule has 0 aliphatic carbocycles. The molecule has 3 nitrogen and oxygen atoms in total. The van der Waals surface area contributed by atoms with E-state index >= 15 is 0 Å². The number of benzene rings is 2. The van der Waals surface area contributed by atoms with Crippen molar-refractivity contribution >= 4 is 69.3 Å². The molecule has 1 saturated heterocycles. The van der Waals surface area contributed by atoms with Gasteiger partial charge in [0.05, 0.1) is 14.8 Å². The van der Waals surface area contributed by atoms with Crippen LogP contribution in [-0.4, -0.2) is 23.0 Å².